The van der Waals surface area contributed by atoms with Crippen molar-refractivity contribution in [1.29, 1.82) is 0 Å². The maximum absolute atomic E-state index is 13.4. The minimum Gasteiger partial charge on any atom is -0.352 e. The summed E-state index contributed by atoms with van der Waals surface area (Å²) in [6.45, 7) is 6.11. The third-order valence-corrected chi connectivity index (χ3v) is 17.3. The van der Waals surface area contributed by atoms with E-state index in [1.54, 1.807) is 72.8 Å². The molecule has 2 unspecified atom stereocenters. The lowest BCUT2D eigenvalue weighted by molar-refractivity contribution is -0.121. The molecule has 2 fully saturated rings. The number of amides is 3. The van der Waals surface area contributed by atoms with Crippen molar-refractivity contribution in [3.05, 3.63) is 148 Å². The molecule has 0 saturated carbocycles. The first-order valence-electron chi connectivity index (χ1n) is 22.2. The van der Waals surface area contributed by atoms with Gasteiger partial charge >= 0.3 is 0 Å². The van der Waals surface area contributed by atoms with E-state index in [-0.39, 0.29) is 105 Å². The molecule has 2 saturated heterocycles. The van der Waals surface area contributed by atoms with Gasteiger partial charge in [0.25, 0.3) is 0 Å². The van der Waals surface area contributed by atoms with Gasteiger partial charge in [-0.1, -0.05) is 67.0 Å². The Hall–Kier alpha value is -6.03. The van der Waals surface area contributed by atoms with E-state index < -0.39 is 40.1 Å². The Balaban J connectivity index is 0.879. The highest BCUT2D eigenvalue weighted by Gasteiger charge is 2.34. The predicted octanol–water partition coefficient (Wildman–Crippen LogP) is 2.93. The van der Waals surface area contributed by atoms with Gasteiger partial charge in [-0.2, -0.15) is 8.61 Å². The molecule has 2 aliphatic heterocycles. The highest BCUT2D eigenvalue weighted by Crippen LogP contribution is 2.26. The number of allylic oxidation sites excluding steroid dienone is 1. The van der Waals surface area contributed by atoms with Crippen molar-refractivity contribution in [3.8, 4) is 11.8 Å². The molecule has 5 N–H and O–H groups in total. The van der Waals surface area contributed by atoms with Crippen LogP contribution in [-0.4, -0.2) is 99.3 Å². The summed E-state index contributed by atoms with van der Waals surface area (Å²) >= 11 is 0. The van der Waals surface area contributed by atoms with Crippen molar-refractivity contribution < 1.29 is 48.1 Å². The van der Waals surface area contributed by atoms with E-state index in [1.165, 1.54) is 45.9 Å². The van der Waals surface area contributed by atoms with Gasteiger partial charge in [0, 0.05) is 82.0 Å². The molecule has 2 heterocycles. The minimum absolute atomic E-state index is 0.0219. The summed E-state index contributed by atoms with van der Waals surface area (Å²) in [5, 5.41) is 10.1. The van der Waals surface area contributed by atoms with Crippen LogP contribution >= 0.6 is 0 Å². The molecule has 4 aromatic rings. The molecule has 6 rings (SSSR count). The van der Waals surface area contributed by atoms with Gasteiger partial charge in [0.1, 0.15) is 0 Å². The molecule has 0 aliphatic carbocycles. The Morgan fingerprint density at radius 1 is 0.614 bits per heavy atom. The van der Waals surface area contributed by atoms with E-state index in [0.717, 1.165) is 21.9 Å². The van der Waals surface area contributed by atoms with Crippen LogP contribution in [0.15, 0.2) is 130 Å². The number of hydrogen-bond donors (Lipinski definition) is 5. The predicted molar refractivity (Wildman–Crippen MR) is 265 cm³/mol. The second-order valence-electron chi connectivity index (χ2n) is 16.8. The summed E-state index contributed by atoms with van der Waals surface area (Å²) in [5.41, 5.74) is 4.14. The Morgan fingerprint density at radius 3 is 1.49 bits per heavy atom. The Kier molecular flexibility index (Phi) is 18.1. The fourth-order valence-corrected chi connectivity index (χ4v) is 12.0. The van der Waals surface area contributed by atoms with E-state index in [2.05, 4.69) is 43.8 Å². The largest absolute Gasteiger partial charge is 0.352 e. The van der Waals surface area contributed by atoms with E-state index >= 15 is 0 Å². The maximum atomic E-state index is 13.4. The Morgan fingerprint density at radius 2 is 1.04 bits per heavy atom. The normalized spacial score (nSPS) is 16.9. The van der Waals surface area contributed by atoms with Gasteiger partial charge in [0.15, 0.2) is 0 Å². The van der Waals surface area contributed by atoms with Crippen LogP contribution in [0, 0.1) is 23.7 Å². The van der Waals surface area contributed by atoms with Crippen LogP contribution in [0.4, 0.5) is 5.69 Å². The molecule has 70 heavy (non-hydrogen) atoms. The third kappa shape index (κ3) is 15.7. The highest BCUT2D eigenvalue weighted by atomic mass is 32.2. The lowest BCUT2D eigenvalue weighted by Crippen LogP contribution is -2.32. The zero-order valence-electron chi connectivity index (χ0n) is 38.3. The van der Waals surface area contributed by atoms with Gasteiger partial charge in [0.2, 0.25) is 57.8 Å². The average molecular weight is 1030 g/mol. The van der Waals surface area contributed by atoms with Crippen molar-refractivity contribution >= 4 is 63.5 Å². The molecular weight excluding hydrogens is 979 g/mol. The SMILES string of the molecule is C=CS(=O)(=O)NCC1CCN(S(=O)(=O)c2ccc(CC(=O)NCc3ccc(C#C/C=C/S(=O)(=O)NCC4CCN(S(=O)(=O)c5ccc(CC(=O)NCc6ccc(NC(C)=O)cc6)cc5)C4)cc3)cc2)C1. The first-order valence-corrected chi connectivity index (χ1v) is 28.1. The summed E-state index contributed by atoms with van der Waals surface area (Å²) in [6.07, 6.45) is 2.24. The minimum atomic E-state index is -3.87. The second-order valence-corrected chi connectivity index (χ2v) is 24.1. The van der Waals surface area contributed by atoms with Gasteiger partial charge in [-0.15, -0.1) is 0 Å². The number of anilines is 1. The van der Waals surface area contributed by atoms with E-state index in [1.807, 2.05) is 0 Å². The molecule has 2 atom stereocenters. The lowest BCUT2D eigenvalue weighted by atomic mass is 10.1. The van der Waals surface area contributed by atoms with Crippen molar-refractivity contribution in [1.82, 2.24) is 28.7 Å². The van der Waals surface area contributed by atoms with Crippen LogP contribution in [0.3, 0.4) is 0 Å². The van der Waals surface area contributed by atoms with Crippen molar-refractivity contribution in [2.45, 2.75) is 55.5 Å². The molecule has 372 valence electrons. The number of rotatable bonds is 21. The number of nitrogens with zero attached hydrogens (tertiary/aromatic N) is 2. The van der Waals surface area contributed by atoms with Gasteiger partial charge in [0.05, 0.1) is 28.0 Å². The number of hydrogen-bond acceptors (Lipinski definition) is 11. The second kappa shape index (κ2) is 23.7. The van der Waals surface area contributed by atoms with Gasteiger partial charge in [-0.25, -0.2) is 43.1 Å². The highest BCUT2D eigenvalue weighted by molar-refractivity contribution is 7.92. The molecular formula is C48H55N7O11S4. The monoisotopic (exact) mass is 1030 g/mol. The maximum Gasteiger partial charge on any atom is 0.243 e. The Bertz CT molecular complexity index is 3080. The van der Waals surface area contributed by atoms with Crippen LogP contribution in [0.2, 0.25) is 0 Å². The van der Waals surface area contributed by atoms with Gasteiger partial charge in [-0.3, -0.25) is 14.4 Å². The molecule has 4 aromatic carbocycles. The van der Waals surface area contributed by atoms with Crippen molar-refractivity contribution in [2.75, 3.05) is 44.6 Å². The van der Waals surface area contributed by atoms with Crippen LogP contribution in [0.25, 0.3) is 0 Å². The number of benzene rings is 4. The van der Waals surface area contributed by atoms with Crippen molar-refractivity contribution in [2.24, 2.45) is 11.8 Å². The number of sulfonamides is 4. The van der Waals surface area contributed by atoms with E-state index in [4.69, 9.17) is 0 Å². The molecule has 2 aliphatic rings. The molecule has 0 bridgehead atoms. The first-order chi connectivity index (χ1) is 33.2. The van der Waals surface area contributed by atoms with Crippen LogP contribution < -0.4 is 25.4 Å². The number of carbonyl (C=O) groups is 3. The average Bonchev–Trinajstić information content (AvgIpc) is 4.03. The topological polar surface area (TPSA) is 254 Å². The molecule has 0 aromatic heterocycles. The standard InChI is InChI=1S/C48H55N7O11S4/c1-3-67(59,60)51-32-42-23-25-54(34-42)69(63,64)45-19-13-38(14-20-45)28-47(57)49-30-40-9-7-37(8-10-40)6-4-5-27-68(61,62)52-33-43-24-26-55(35-43)70(65,66)46-21-15-39(16-22-46)29-48(58)50-31-41-11-17-44(18-12-41)53-36(2)56/h3,5,7-22,27,42-43,51-52H,1,23-26,28-35H2,2H3,(H,49,57)(H,50,58)(H,53,56)/b27-5+. The summed E-state index contributed by atoms with van der Waals surface area (Å²) in [4.78, 5) is 36.6. The Labute approximate surface area is 410 Å². The van der Waals surface area contributed by atoms with Crippen molar-refractivity contribution in [3.63, 3.8) is 0 Å². The van der Waals surface area contributed by atoms with E-state index in [9.17, 15) is 48.1 Å². The fourth-order valence-electron chi connectivity index (χ4n) is 7.56. The summed E-state index contributed by atoms with van der Waals surface area (Å²) in [5.74, 6) is 4.44. The summed E-state index contributed by atoms with van der Waals surface area (Å²) in [7, 11) is -15.1. The number of carbonyl (C=O) groups excluding carboxylic acids is 3. The zero-order valence-corrected chi connectivity index (χ0v) is 41.6. The first kappa shape index (κ1) is 53.3. The van der Waals surface area contributed by atoms with Gasteiger partial charge in [-0.05, 0) is 95.5 Å². The molecule has 22 heteroatoms. The summed E-state index contributed by atoms with van der Waals surface area (Å²) in [6, 6.07) is 26.2. The van der Waals surface area contributed by atoms with E-state index in [0.29, 0.717) is 35.2 Å². The summed E-state index contributed by atoms with van der Waals surface area (Å²) < 4.78 is 109. The fraction of sp³-hybridized carbons (Fsp3) is 0.312. The molecule has 3 amide bonds. The molecule has 0 spiro atoms. The molecule has 18 nitrogen and oxygen atoms in total. The lowest BCUT2D eigenvalue weighted by Gasteiger charge is -2.17. The zero-order chi connectivity index (χ0) is 50.5. The smallest absolute Gasteiger partial charge is 0.243 e. The van der Waals surface area contributed by atoms with Crippen LogP contribution in [0.1, 0.15) is 47.6 Å². The molecule has 0 radical (unpaired) electrons. The quantitative estimate of drug-likeness (QED) is 0.0759. The van der Waals surface area contributed by atoms with Crippen LogP contribution in [0.5, 0.6) is 0 Å². The van der Waals surface area contributed by atoms with Crippen LogP contribution in [-0.2, 0) is 80.4 Å². The third-order valence-electron chi connectivity index (χ3n) is 11.5. The van der Waals surface area contributed by atoms with Gasteiger partial charge < -0.3 is 16.0 Å². The number of nitrogens with one attached hydrogen (secondary N) is 5.